The van der Waals surface area contributed by atoms with Gasteiger partial charge >= 0.3 is 0 Å². The van der Waals surface area contributed by atoms with Gasteiger partial charge in [-0.15, -0.1) is 0 Å². The monoisotopic (exact) mass is 243 g/mol. The topological polar surface area (TPSA) is 54.0 Å². The molecular weight excluding hydrogens is 226 g/mol. The third-order valence-corrected chi connectivity index (χ3v) is 2.81. The van der Waals surface area contributed by atoms with E-state index in [1.807, 2.05) is 38.2 Å². The van der Waals surface area contributed by atoms with Crippen molar-refractivity contribution in [3.05, 3.63) is 36.0 Å². The summed E-state index contributed by atoms with van der Waals surface area (Å²) in [7, 11) is 1.83. The van der Waals surface area contributed by atoms with Crippen LogP contribution in [0.3, 0.4) is 0 Å². The van der Waals surface area contributed by atoms with Gasteiger partial charge in [-0.25, -0.2) is 4.98 Å². The second-order valence-corrected chi connectivity index (χ2v) is 4.07. The lowest BCUT2D eigenvalue weighted by Gasteiger charge is -2.10. The Hall–Kier alpha value is -2.10. The van der Waals surface area contributed by atoms with Crippen LogP contribution in [-0.4, -0.2) is 24.5 Å². The lowest BCUT2D eigenvalue weighted by atomic mass is 10.1. The van der Waals surface area contributed by atoms with Crippen molar-refractivity contribution in [3.8, 4) is 0 Å². The molecule has 94 valence electrons. The molecule has 0 saturated heterocycles. The summed E-state index contributed by atoms with van der Waals surface area (Å²) in [6, 6.07) is 7.78. The number of amides is 1. The molecule has 4 nitrogen and oxygen atoms in total. The molecule has 0 aliphatic carbocycles. The van der Waals surface area contributed by atoms with Crippen LogP contribution in [0.2, 0.25) is 0 Å². The third-order valence-electron chi connectivity index (χ3n) is 2.81. The summed E-state index contributed by atoms with van der Waals surface area (Å²) in [6.07, 6.45) is 2.55. The number of hydrogen-bond acceptors (Lipinski definition) is 3. The zero-order valence-electron chi connectivity index (χ0n) is 10.7. The maximum absolute atomic E-state index is 12.0. The Morgan fingerprint density at radius 3 is 2.67 bits per heavy atom. The van der Waals surface area contributed by atoms with E-state index in [1.54, 1.807) is 6.20 Å². The predicted octanol–water partition coefficient (Wildman–Crippen LogP) is 2.42. The fourth-order valence-electron chi connectivity index (χ4n) is 1.91. The first-order chi connectivity index (χ1) is 8.77. The van der Waals surface area contributed by atoms with E-state index in [0.29, 0.717) is 12.1 Å². The lowest BCUT2D eigenvalue weighted by Crippen LogP contribution is -2.24. The van der Waals surface area contributed by atoms with Crippen molar-refractivity contribution in [3.63, 3.8) is 0 Å². The third kappa shape index (κ3) is 2.27. The normalized spacial score (nSPS) is 10.3. The Labute approximate surface area is 106 Å². The van der Waals surface area contributed by atoms with Crippen LogP contribution in [0.25, 0.3) is 10.8 Å². The second-order valence-electron chi connectivity index (χ2n) is 4.07. The van der Waals surface area contributed by atoms with Gasteiger partial charge in [0, 0.05) is 25.2 Å². The average Bonchev–Trinajstić information content (AvgIpc) is 2.43. The first kappa shape index (κ1) is 12.4. The number of nitrogens with one attached hydrogen (secondary N) is 2. The van der Waals surface area contributed by atoms with Gasteiger partial charge in [0.15, 0.2) is 0 Å². The maximum Gasteiger partial charge on any atom is 0.253 e. The highest BCUT2D eigenvalue weighted by molar-refractivity contribution is 6.09. The zero-order valence-corrected chi connectivity index (χ0v) is 10.7. The molecule has 0 saturated carbocycles. The largest absolute Gasteiger partial charge is 0.373 e. The highest BCUT2D eigenvalue weighted by Crippen LogP contribution is 2.23. The quantitative estimate of drug-likeness (QED) is 0.867. The van der Waals surface area contributed by atoms with Gasteiger partial charge in [-0.05, 0) is 11.8 Å². The first-order valence-corrected chi connectivity index (χ1v) is 6.11. The van der Waals surface area contributed by atoms with Crippen molar-refractivity contribution in [2.45, 2.75) is 13.3 Å². The highest BCUT2D eigenvalue weighted by Gasteiger charge is 2.11. The number of anilines is 1. The van der Waals surface area contributed by atoms with Gasteiger partial charge in [0.1, 0.15) is 5.82 Å². The van der Waals surface area contributed by atoms with Gasteiger partial charge in [-0.1, -0.05) is 31.2 Å². The molecule has 0 radical (unpaired) electrons. The van der Waals surface area contributed by atoms with Crippen molar-refractivity contribution in [2.75, 3.05) is 18.9 Å². The van der Waals surface area contributed by atoms with E-state index in [1.165, 1.54) is 0 Å². The Bertz CT molecular complexity index is 566. The molecule has 2 N–H and O–H groups in total. The van der Waals surface area contributed by atoms with Crippen LogP contribution in [0.15, 0.2) is 30.5 Å². The summed E-state index contributed by atoms with van der Waals surface area (Å²) in [5.41, 5.74) is 0.623. The molecule has 4 heteroatoms. The Balaban J connectivity index is 2.49. The van der Waals surface area contributed by atoms with Crippen LogP contribution in [0.4, 0.5) is 5.82 Å². The van der Waals surface area contributed by atoms with Gasteiger partial charge in [0.05, 0.1) is 5.56 Å². The minimum absolute atomic E-state index is 0.0665. The summed E-state index contributed by atoms with van der Waals surface area (Å²) >= 11 is 0. The SMILES string of the molecule is CCCNC(=O)c1cnc(NC)c2ccccc12. The smallest absolute Gasteiger partial charge is 0.253 e. The number of aromatic nitrogens is 1. The number of pyridine rings is 1. The Morgan fingerprint density at radius 2 is 2.00 bits per heavy atom. The first-order valence-electron chi connectivity index (χ1n) is 6.11. The molecule has 0 fully saturated rings. The molecule has 0 atom stereocenters. The molecule has 2 rings (SSSR count). The number of rotatable bonds is 4. The standard InChI is InChI=1S/C14H17N3O/c1-3-8-16-14(18)12-9-17-13(15-2)11-7-5-4-6-10(11)12/h4-7,9H,3,8H2,1-2H3,(H,15,17)(H,16,18). The van der Waals surface area contributed by atoms with Gasteiger partial charge in [-0.2, -0.15) is 0 Å². The van der Waals surface area contributed by atoms with Crippen molar-refractivity contribution < 1.29 is 4.79 Å². The van der Waals surface area contributed by atoms with Crippen LogP contribution in [0.5, 0.6) is 0 Å². The van der Waals surface area contributed by atoms with Crippen molar-refractivity contribution in [1.82, 2.24) is 10.3 Å². The van der Waals surface area contributed by atoms with Crippen LogP contribution >= 0.6 is 0 Å². The van der Waals surface area contributed by atoms with Crippen LogP contribution < -0.4 is 10.6 Å². The number of carbonyl (C=O) groups excluding carboxylic acids is 1. The summed E-state index contributed by atoms with van der Waals surface area (Å²) < 4.78 is 0. The molecule has 0 bridgehead atoms. The fraction of sp³-hybridized carbons (Fsp3) is 0.286. The van der Waals surface area contributed by atoms with Crippen molar-refractivity contribution in [1.29, 1.82) is 0 Å². The van der Waals surface area contributed by atoms with Crippen LogP contribution in [0.1, 0.15) is 23.7 Å². The van der Waals surface area contributed by atoms with Gasteiger partial charge in [-0.3, -0.25) is 4.79 Å². The summed E-state index contributed by atoms with van der Waals surface area (Å²) in [5.74, 6) is 0.723. The molecular formula is C14H17N3O. The van der Waals surface area contributed by atoms with E-state index in [0.717, 1.165) is 23.0 Å². The number of carbonyl (C=O) groups is 1. The second kappa shape index (κ2) is 5.49. The van der Waals surface area contributed by atoms with E-state index in [-0.39, 0.29) is 5.91 Å². The Kier molecular flexibility index (Phi) is 3.77. The van der Waals surface area contributed by atoms with E-state index >= 15 is 0 Å². The highest BCUT2D eigenvalue weighted by atomic mass is 16.1. The molecule has 0 unspecified atom stereocenters. The summed E-state index contributed by atoms with van der Waals surface area (Å²) in [4.78, 5) is 16.3. The molecule has 18 heavy (non-hydrogen) atoms. The summed E-state index contributed by atoms with van der Waals surface area (Å²) in [6.45, 7) is 2.71. The number of fused-ring (bicyclic) bond motifs is 1. The predicted molar refractivity (Wildman–Crippen MR) is 73.9 cm³/mol. The van der Waals surface area contributed by atoms with Gasteiger partial charge in [0.25, 0.3) is 5.91 Å². The minimum Gasteiger partial charge on any atom is -0.373 e. The molecule has 0 spiro atoms. The molecule has 1 heterocycles. The fourth-order valence-corrected chi connectivity index (χ4v) is 1.91. The minimum atomic E-state index is -0.0665. The number of benzene rings is 1. The average molecular weight is 243 g/mol. The number of hydrogen-bond donors (Lipinski definition) is 2. The zero-order chi connectivity index (χ0) is 13.0. The van der Waals surface area contributed by atoms with Crippen LogP contribution in [-0.2, 0) is 0 Å². The van der Waals surface area contributed by atoms with Gasteiger partial charge in [0.2, 0.25) is 0 Å². The lowest BCUT2D eigenvalue weighted by molar-refractivity contribution is 0.0955. The number of nitrogens with zero attached hydrogens (tertiary/aromatic N) is 1. The Morgan fingerprint density at radius 1 is 1.28 bits per heavy atom. The molecule has 1 aromatic carbocycles. The van der Waals surface area contributed by atoms with E-state index in [9.17, 15) is 4.79 Å². The van der Waals surface area contributed by atoms with Crippen molar-refractivity contribution in [2.24, 2.45) is 0 Å². The van der Waals surface area contributed by atoms with E-state index < -0.39 is 0 Å². The van der Waals surface area contributed by atoms with Crippen molar-refractivity contribution >= 4 is 22.5 Å². The maximum atomic E-state index is 12.0. The molecule has 2 aromatic rings. The van der Waals surface area contributed by atoms with Crippen LogP contribution in [0, 0.1) is 0 Å². The molecule has 1 amide bonds. The molecule has 1 aromatic heterocycles. The van der Waals surface area contributed by atoms with E-state index in [4.69, 9.17) is 0 Å². The van der Waals surface area contributed by atoms with Gasteiger partial charge < -0.3 is 10.6 Å². The van der Waals surface area contributed by atoms with E-state index in [2.05, 4.69) is 15.6 Å². The summed E-state index contributed by atoms with van der Waals surface area (Å²) in [5, 5.41) is 7.80. The molecule has 0 aliphatic rings. The molecule has 0 aliphatic heterocycles.